The van der Waals surface area contributed by atoms with Crippen molar-refractivity contribution in [2.45, 2.75) is 179 Å². The molecule has 1 aliphatic rings. The number of carbonyl (C=O) groups is 1. The first-order valence-corrected chi connectivity index (χ1v) is 18.8. The molecule has 6 N–H and O–H groups in total. The SMILES string of the molecule is CC/C=C\C/C=C\C/C=C\C/C=C\CCCCCCC(=O)NC(COC1OC(CO)C(O)C(O)C1O)C(O)CCCCCCCCCC. The van der Waals surface area contributed by atoms with Gasteiger partial charge < -0.3 is 40.3 Å². The molecule has 7 unspecified atom stereocenters. The van der Waals surface area contributed by atoms with Crippen molar-refractivity contribution in [2.75, 3.05) is 13.2 Å². The third-order valence-corrected chi connectivity index (χ3v) is 8.70. The maximum atomic E-state index is 12.8. The van der Waals surface area contributed by atoms with Crippen LogP contribution in [0.5, 0.6) is 0 Å². The van der Waals surface area contributed by atoms with Gasteiger partial charge in [0.05, 0.1) is 25.4 Å². The number of aliphatic hydroxyl groups excluding tert-OH is 5. The van der Waals surface area contributed by atoms with E-state index in [0.29, 0.717) is 12.8 Å². The minimum Gasteiger partial charge on any atom is -0.394 e. The molecule has 0 aromatic heterocycles. The molecule has 9 heteroatoms. The monoisotopic (exact) mass is 680 g/mol. The third-order valence-electron chi connectivity index (χ3n) is 8.70. The Balaban J connectivity index is 2.41. The van der Waals surface area contributed by atoms with E-state index >= 15 is 0 Å². The van der Waals surface area contributed by atoms with Crippen LogP contribution >= 0.6 is 0 Å². The van der Waals surface area contributed by atoms with Crippen LogP contribution in [0.2, 0.25) is 0 Å². The van der Waals surface area contributed by atoms with Gasteiger partial charge in [-0.2, -0.15) is 0 Å². The van der Waals surface area contributed by atoms with E-state index in [1.54, 1.807) is 0 Å². The van der Waals surface area contributed by atoms with Crippen molar-refractivity contribution >= 4 is 5.91 Å². The Bertz CT molecular complexity index is 889. The summed E-state index contributed by atoms with van der Waals surface area (Å²) in [7, 11) is 0. The second-order valence-electron chi connectivity index (χ2n) is 13.0. The lowest BCUT2D eigenvalue weighted by Crippen LogP contribution is -2.60. The Morgan fingerprint density at radius 2 is 1.29 bits per heavy atom. The molecule has 0 aliphatic carbocycles. The summed E-state index contributed by atoms with van der Waals surface area (Å²) in [4.78, 5) is 12.8. The van der Waals surface area contributed by atoms with Crippen LogP contribution in [0.1, 0.15) is 136 Å². The van der Waals surface area contributed by atoms with E-state index in [9.17, 15) is 30.3 Å². The molecule has 0 radical (unpaired) electrons. The number of carbonyl (C=O) groups excluding carboxylic acids is 1. The van der Waals surface area contributed by atoms with Gasteiger partial charge in [0.25, 0.3) is 0 Å². The van der Waals surface area contributed by atoms with Crippen molar-refractivity contribution in [2.24, 2.45) is 0 Å². The molecule has 0 saturated carbocycles. The smallest absolute Gasteiger partial charge is 0.220 e. The van der Waals surface area contributed by atoms with Gasteiger partial charge in [-0.25, -0.2) is 0 Å². The average Bonchev–Trinajstić information content (AvgIpc) is 3.08. The Hall–Kier alpha value is -1.85. The summed E-state index contributed by atoms with van der Waals surface area (Å²) in [6, 6.07) is -0.729. The Morgan fingerprint density at radius 1 is 0.729 bits per heavy atom. The topological polar surface area (TPSA) is 149 Å². The predicted molar refractivity (Wildman–Crippen MR) is 193 cm³/mol. The maximum Gasteiger partial charge on any atom is 0.220 e. The minimum atomic E-state index is -1.56. The summed E-state index contributed by atoms with van der Waals surface area (Å²) >= 11 is 0. The molecule has 9 nitrogen and oxygen atoms in total. The second-order valence-corrected chi connectivity index (χ2v) is 13.0. The lowest BCUT2D eigenvalue weighted by Gasteiger charge is -2.40. The molecule has 0 aromatic carbocycles. The number of amides is 1. The van der Waals surface area contributed by atoms with Crippen LogP contribution in [0.4, 0.5) is 0 Å². The lowest BCUT2D eigenvalue weighted by molar-refractivity contribution is -0.302. The molecule has 1 aliphatic heterocycles. The number of hydrogen-bond donors (Lipinski definition) is 6. The minimum absolute atomic E-state index is 0.151. The maximum absolute atomic E-state index is 12.8. The number of hydrogen-bond acceptors (Lipinski definition) is 8. The van der Waals surface area contributed by atoms with Gasteiger partial charge >= 0.3 is 0 Å². The van der Waals surface area contributed by atoms with Crippen LogP contribution in [0.15, 0.2) is 48.6 Å². The highest BCUT2D eigenvalue weighted by Crippen LogP contribution is 2.23. The third kappa shape index (κ3) is 21.3. The van der Waals surface area contributed by atoms with Gasteiger partial charge in [0, 0.05) is 6.42 Å². The van der Waals surface area contributed by atoms with Gasteiger partial charge in [-0.05, 0) is 51.4 Å². The van der Waals surface area contributed by atoms with Gasteiger partial charge in [0.1, 0.15) is 24.4 Å². The van der Waals surface area contributed by atoms with E-state index in [0.717, 1.165) is 77.0 Å². The molecular weight excluding hydrogens is 610 g/mol. The molecule has 1 heterocycles. The van der Waals surface area contributed by atoms with Gasteiger partial charge in [-0.3, -0.25) is 4.79 Å². The first-order chi connectivity index (χ1) is 23.3. The molecule has 1 amide bonds. The van der Waals surface area contributed by atoms with Gasteiger partial charge in [-0.15, -0.1) is 0 Å². The van der Waals surface area contributed by atoms with Crippen molar-refractivity contribution in [3.8, 4) is 0 Å². The summed E-state index contributed by atoms with van der Waals surface area (Å²) in [5.74, 6) is -0.175. The van der Waals surface area contributed by atoms with E-state index in [1.165, 1.54) is 32.1 Å². The highest BCUT2D eigenvalue weighted by Gasteiger charge is 2.44. The zero-order valence-electron chi connectivity index (χ0n) is 30.0. The van der Waals surface area contributed by atoms with Crippen LogP contribution in [0.3, 0.4) is 0 Å². The molecule has 1 saturated heterocycles. The summed E-state index contributed by atoms with van der Waals surface area (Å²) < 4.78 is 11.2. The number of ether oxygens (including phenoxy) is 2. The molecule has 1 rings (SSSR count). The Kier molecular flexibility index (Phi) is 27.6. The number of unbranched alkanes of at least 4 members (excludes halogenated alkanes) is 11. The molecular formula is C39H69NO8. The molecule has 48 heavy (non-hydrogen) atoms. The fourth-order valence-electron chi connectivity index (χ4n) is 5.62. The van der Waals surface area contributed by atoms with E-state index < -0.39 is 49.5 Å². The summed E-state index contributed by atoms with van der Waals surface area (Å²) in [5, 5.41) is 53.9. The zero-order valence-corrected chi connectivity index (χ0v) is 30.0. The largest absolute Gasteiger partial charge is 0.394 e. The van der Waals surface area contributed by atoms with Crippen molar-refractivity contribution < 1.29 is 39.8 Å². The van der Waals surface area contributed by atoms with Crippen LogP contribution in [0.25, 0.3) is 0 Å². The molecule has 0 spiro atoms. The first kappa shape index (κ1) is 44.2. The van der Waals surface area contributed by atoms with Crippen molar-refractivity contribution in [3.05, 3.63) is 48.6 Å². The van der Waals surface area contributed by atoms with Crippen molar-refractivity contribution in [1.29, 1.82) is 0 Å². The Labute approximate surface area is 291 Å². The van der Waals surface area contributed by atoms with E-state index in [-0.39, 0.29) is 12.5 Å². The van der Waals surface area contributed by atoms with Gasteiger partial charge in [0.2, 0.25) is 5.91 Å². The predicted octanol–water partition coefficient (Wildman–Crippen LogP) is 6.33. The Morgan fingerprint density at radius 3 is 1.92 bits per heavy atom. The standard InChI is InChI=1S/C39H69NO8/c1-3-5-7-9-11-13-14-15-16-17-18-19-20-21-23-25-27-29-35(43)40-32(33(42)28-26-24-22-12-10-8-6-4-2)31-47-39-38(46)37(45)36(44)34(30-41)48-39/h5,7,11,13,15-16,18-19,32-34,36-39,41-42,44-46H,3-4,6,8-10,12,14,17,20-31H2,1-2H3,(H,40,43)/b7-5-,13-11-,16-15-,19-18-. The van der Waals surface area contributed by atoms with E-state index in [1.807, 2.05) is 0 Å². The van der Waals surface area contributed by atoms with Crippen molar-refractivity contribution in [1.82, 2.24) is 5.32 Å². The molecule has 278 valence electrons. The van der Waals surface area contributed by atoms with Crippen molar-refractivity contribution in [3.63, 3.8) is 0 Å². The van der Waals surface area contributed by atoms with Crippen LogP contribution in [-0.2, 0) is 14.3 Å². The van der Waals surface area contributed by atoms with Crippen LogP contribution in [-0.4, -0.2) is 87.5 Å². The summed E-state index contributed by atoms with van der Waals surface area (Å²) in [6.45, 7) is 3.63. The van der Waals surface area contributed by atoms with Gasteiger partial charge in [-0.1, -0.05) is 127 Å². The highest BCUT2D eigenvalue weighted by molar-refractivity contribution is 5.76. The van der Waals surface area contributed by atoms with Crippen LogP contribution in [0, 0.1) is 0 Å². The molecule has 0 aromatic rings. The fraction of sp³-hybridized carbons (Fsp3) is 0.769. The van der Waals surface area contributed by atoms with E-state index in [4.69, 9.17) is 9.47 Å². The normalized spacial score (nSPS) is 23.2. The van der Waals surface area contributed by atoms with E-state index in [2.05, 4.69) is 67.8 Å². The summed E-state index contributed by atoms with van der Waals surface area (Å²) in [6.07, 6.45) is 28.4. The highest BCUT2D eigenvalue weighted by atomic mass is 16.7. The first-order valence-electron chi connectivity index (χ1n) is 18.8. The quantitative estimate of drug-likeness (QED) is 0.0397. The molecule has 0 bridgehead atoms. The number of allylic oxidation sites excluding steroid dienone is 8. The number of rotatable bonds is 29. The van der Waals surface area contributed by atoms with Crippen LogP contribution < -0.4 is 5.32 Å². The second kappa shape index (κ2) is 30.0. The zero-order chi connectivity index (χ0) is 35.2. The average molecular weight is 680 g/mol. The lowest BCUT2D eigenvalue weighted by atomic mass is 9.99. The fourth-order valence-corrected chi connectivity index (χ4v) is 5.62. The van der Waals surface area contributed by atoms with Gasteiger partial charge in [0.15, 0.2) is 6.29 Å². The molecule has 1 fully saturated rings. The number of aliphatic hydroxyl groups is 5. The summed E-state index contributed by atoms with van der Waals surface area (Å²) in [5.41, 5.74) is 0. The molecule has 7 atom stereocenters. The number of nitrogens with one attached hydrogen (secondary N) is 1.